The molecule has 0 aromatic heterocycles. The maximum atomic E-state index is 12.5. The van der Waals surface area contributed by atoms with E-state index in [0.29, 0.717) is 17.9 Å². The Bertz CT molecular complexity index is 896. The summed E-state index contributed by atoms with van der Waals surface area (Å²) in [6.07, 6.45) is 0.347. The van der Waals surface area contributed by atoms with E-state index in [4.69, 9.17) is 18.9 Å². The third-order valence-electron chi connectivity index (χ3n) is 4.37. The van der Waals surface area contributed by atoms with Crippen molar-refractivity contribution >= 4 is 17.7 Å². The number of nitrogens with one attached hydrogen (secondary N) is 1. The number of ether oxygens (including phenoxy) is 4. The maximum absolute atomic E-state index is 12.5. The van der Waals surface area contributed by atoms with Crippen molar-refractivity contribution in [2.75, 3.05) is 27.9 Å². The maximum Gasteiger partial charge on any atom is 0.342 e. The van der Waals surface area contributed by atoms with Gasteiger partial charge in [-0.15, -0.1) is 0 Å². The SMILES string of the molecule is COc1cc(OC)c(C(=O)OCC(=O)N[C@@H](Cc2ccccc2)C(C)=O)cc1OC. The summed E-state index contributed by atoms with van der Waals surface area (Å²) in [7, 11) is 4.29. The van der Waals surface area contributed by atoms with Gasteiger partial charge in [0.05, 0.1) is 27.4 Å². The van der Waals surface area contributed by atoms with Crippen LogP contribution in [0, 0.1) is 0 Å². The highest BCUT2D eigenvalue weighted by Gasteiger charge is 2.22. The van der Waals surface area contributed by atoms with E-state index in [1.807, 2.05) is 30.3 Å². The molecule has 2 rings (SSSR count). The molecule has 0 fully saturated rings. The lowest BCUT2D eigenvalue weighted by Gasteiger charge is -2.17. The summed E-state index contributed by atoms with van der Waals surface area (Å²) in [6.45, 7) is 0.850. The average Bonchev–Trinajstić information content (AvgIpc) is 2.76. The zero-order valence-corrected chi connectivity index (χ0v) is 17.4. The second-order valence-electron chi connectivity index (χ2n) is 6.40. The number of ketones is 1. The second kappa shape index (κ2) is 10.8. The van der Waals surface area contributed by atoms with Crippen molar-refractivity contribution < 1.29 is 33.3 Å². The van der Waals surface area contributed by atoms with Gasteiger partial charge in [0.25, 0.3) is 5.91 Å². The molecular formula is C22H25NO7. The van der Waals surface area contributed by atoms with Gasteiger partial charge in [-0.3, -0.25) is 9.59 Å². The van der Waals surface area contributed by atoms with Crippen LogP contribution in [0.1, 0.15) is 22.8 Å². The van der Waals surface area contributed by atoms with E-state index in [-0.39, 0.29) is 17.1 Å². The number of Topliss-reactive ketones (excluding diaryl/α,β-unsaturated/α-hetero) is 1. The highest BCUT2D eigenvalue weighted by atomic mass is 16.5. The Labute approximate surface area is 175 Å². The first-order valence-electron chi connectivity index (χ1n) is 9.20. The van der Waals surface area contributed by atoms with Crippen LogP contribution < -0.4 is 19.5 Å². The van der Waals surface area contributed by atoms with Gasteiger partial charge in [0.2, 0.25) is 0 Å². The molecule has 0 saturated heterocycles. The molecule has 160 valence electrons. The van der Waals surface area contributed by atoms with Crippen LogP contribution in [-0.4, -0.2) is 51.6 Å². The van der Waals surface area contributed by atoms with Crippen LogP contribution in [-0.2, 0) is 20.7 Å². The predicted molar refractivity (Wildman–Crippen MR) is 109 cm³/mol. The molecule has 1 atom stereocenters. The summed E-state index contributed by atoms with van der Waals surface area (Å²) >= 11 is 0. The molecule has 8 nitrogen and oxygen atoms in total. The predicted octanol–water partition coefficient (Wildman–Crippen LogP) is 2.19. The Morgan fingerprint density at radius 3 is 2.07 bits per heavy atom. The van der Waals surface area contributed by atoms with Crippen LogP contribution in [0.3, 0.4) is 0 Å². The summed E-state index contributed by atoms with van der Waals surface area (Å²) in [5.41, 5.74) is 0.986. The lowest BCUT2D eigenvalue weighted by atomic mass is 10.0. The van der Waals surface area contributed by atoms with Gasteiger partial charge in [0.15, 0.2) is 23.9 Å². The molecule has 1 N–H and O–H groups in total. The van der Waals surface area contributed by atoms with Gasteiger partial charge in [-0.25, -0.2) is 4.79 Å². The molecule has 0 spiro atoms. The Balaban J connectivity index is 2.02. The highest BCUT2D eigenvalue weighted by molar-refractivity contribution is 5.95. The minimum absolute atomic E-state index is 0.0790. The fourth-order valence-corrected chi connectivity index (χ4v) is 2.78. The number of hydrogen-bond acceptors (Lipinski definition) is 7. The summed E-state index contributed by atoms with van der Waals surface area (Å²) in [4.78, 5) is 36.6. The topological polar surface area (TPSA) is 100 Å². The number of hydrogen-bond donors (Lipinski definition) is 1. The molecule has 1 amide bonds. The average molecular weight is 415 g/mol. The molecule has 8 heteroatoms. The fraction of sp³-hybridized carbons (Fsp3) is 0.318. The van der Waals surface area contributed by atoms with Gasteiger partial charge in [-0.2, -0.15) is 0 Å². The zero-order chi connectivity index (χ0) is 22.1. The standard InChI is InChI=1S/C22H25NO7/c1-14(24)17(10-15-8-6-5-7-9-15)23-21(25)13-30-22(26)16-11-19(28-3)20(29-4)12-18(16)27-2/h5-9,11-12,17H,10,13H2,1-4H3,(H,23,25)/t17-/m0/s1. The van der Waals surface area contributed by atoms with E-state index in [9.17, 15) is 14.4 Å². The van der Waals surface area contributed by atoms with E-state index in [1.54, 1.807) is 0 Å². The Morgan fingerprint density at radius 1 is 0.900 bits per heavy atom. The van der Waals surface area contributed by atoms with E-state index in [2.05, 4.69) is 5.32 Å². The number of esters is 1. The van der Waals surface area contributed by atoms with Crippen molar-refractivity contribution in [2.24, 2.45) is 0 Å². The Morgan fingerprint density at radius 2 is 1.50 bits per heavy atom. The van der Waals surface area contributed by atoms with Gasteiger partial charge in [0, 0.05) is 12.1 Å². The van der Waals surface area contributed by atoms with Crippen LogP contribution in [0.4, 0.5) is 0 Å². The number of carbonyl (C=O) groups excluding carboxylic acids is 3. The molecule has 0 aliphatic rings. The smallest absolute Gasteiger partial charge is 0.342 e. The number of amides is 1. The van der Waals surface area contributed by atoms with Crippen molar-refractivity contribution in [2.45, 2.75) is 19.4 Å². The summed E-state index contributed by atoms with van der Waals surface area (Å²) < 4.78 is 20.6. The first-order valence-corrected chi connectivity index (χ1v) is 9.20. The summed E-state index contributed by atoms with van der Waals surface area (Å²) in [6, 6.07) is 11.5. The number of carbonyl (C=O) groups is 3. The molecule has 0 aliphatic heterocycles. The van der Waals surface area contributed by atoms with E-state index >= 15 is 0 Å². The van der Waals surface area contributed by atoms with Crippen molar-refractivity contribution in [1.82, 2.24) is 5.32 Å². The molecule has 0 radical (unpaired) electrons. The largest absolute Gasteiger partial charge is 0.496 e. The van der Waals surface area contributed by atoms with Crippen molar-refractivity contribution in [3.8, 4) is 17.2 Å². The number of benzene rings is 2. The lowest BCUT2D eigenvalue weighted by molar-refractivity contribution is -0.128. The van der Waals surface area contributed by atoms with Crippen LogP contribution in [0.25, 0.3) is 0 Å². The normalized spacial score (nSPS) is 11.2. The third-order valence-corrected chi connectivity index (χ3v) is 4.37. The fourth-order valence-electron chi connectivity index (χ4n) is 2.78. The molecule has 30 heavy (non-hydrogen) atoms. The van der Waals surface area contributed by atoms with Gasteiger partial charge in [-0.05, 0) is 18.9 Å². The van der Waals surface area contributed by atoms with Crippen molar-refractivity contribution in [1.29, 1.82) is 0 Å². The minimum Gasteiger partial charge on any atom is -0.496 e. The molecule has 0 aliphatic carbocycles. The van der Waals surface area contributed by atoms with Crippen LogP contribution in [0.5, 0.6) is 17.2 Å². The molecular weight excluding hydrogens is 390 g/mol. The quantitative estimate of drug-likeness (QED) is 0.594. The first kappa shape index (κ1) is 22.7. The Kier molecular flexibility index (Phi) is 8.22. The molecule has 0 unspecified atom stereocenters. The molecule has 2 aromatic rings. The zero-order valence-electron chi connectivity index (χ0n) is 17.4. The molecule has 0 heterocycles. The highest BCUT2D eigenvalue weighted by Crippen LogP contribution is 2.34. The van der Waals surface area contributed by atoms with Crippen molar-refractivity contribution in [3.05, 3.63) is 53.6 Å². The second-order valence-corrected chi connectivity index (χ2v) is 6.40. The lowest BCUT2D eigenvalue weighted by Crippen LogP contribution is -2.43. The molecule has 0 saturated carbocycles. The first-order chi connectivity index (χ1) is 14.4. The third kappa shape index (κ3) is 5.97. The molecule has 0 bridgehead atoms. The monoisotopic (exact) mass is 415 g/mol. The van der Waals surface area contributed by atoms with Crippen molar-refractivity contribution in [3.63, 3.8) is 0 Å². The van der Waals surface area contributed by atoms with Crippen LogP contribution >= 0.6 is 0 Å². The van der Waals surface area contributed by atoms with Crippen LogP contribution in [0.15, 0.2) is 42.5 Å². The Hall–Kier alpha value is -3.55. The minimum atomic E-state index is -0.773. The number of methoxy groups -OCH3 is 3. The van der Waals surface area contributed by atoms with E-state index < -0.39 is 24.5 Å². The van der Waals surface area contributed by atoms with E-state index in [0.717, 1.165) is 5.56 Å². The van der Waals surface area contributed by atoms with E-state index in [1.165, 1.54) is 40.4 Å². The van der Waals surface area contributed by atoms with Gasteiger partial charge >= 0.3 is 5.97 Å². The van der Waals surface area contributed by atoms with Gasteiger partial charge in [0.1, 0.15) is 11.3 Å². The molecule has 2 aromatic carbocycles. The summed E-state index contributed by atoms with van der Waals surface area (Å²) in [5, 5.41) is 2.60. The van der Waals surface area contributed by atoms with Crippen LogP contribution in [0.2, 0.25) is 0 Å². The summed E-state index contributed by atoms with van der Waals surface area (Å²) in [5.74, 6) is -0.642. The van der Waals surface area contributed by atoms with Gasteiger partial charge in [-0.1, -0.05) is 30.3 Å². The van der Waals surface area contributed by atoms with Gasteiger partial charge < -0.3 is 24.3 Å². The number of rotatable bonds is 10.